The molecule has 1 spiro atoms. The molecule has 1 unspecified atom stereocenters. The number of nitrogens with one attached hydrogen (secondary N) is 1. The van der Waals surface area contributed by atoms with E-state index in [1.807, 2.05) is 4.90 Å². The first-order chi connectivity index (χ1) is 11.3. The predicted octanol–water partition coefficient (Wildman–Crippen LogP) is 1.16. The number of ether oxygens (including phenoxy) is 1. The van der Waals surface area contributed by atoms with Crippen molar-refractivity contribution >= 4 is 11.6 Å². The fraction of sp³-hybridized carbons (Fsp3) is 0.882. The molecule has 0 saturated carbocycles. The minimum Gasteiger partial charge on any atom is -0.388 e. The first-order valence-electron chi connectivity index (χ1n) is 9.09. The molecule has 0 aromatic rings. The molecule has 4 aliphatic heterocycles. The average Bonchev–Trinajstić information content (AvgIpc) is 3.24. The summed E-state index contributed by atoms with van der Waals surface area (Å²) in [6.45, 7) is 5.42. The third kappa shape index (κ3) is 3.11. The number of hydrogen-bond donors (Lipinski definition) is 1. The van der Waals surface area contributed by atoms with Crippen LogP contribution in [0, 0.1) is 11.8 Å². The van der Waals surface area contributed by atoms with Gasteiger partial charge in [0, 0.05) is 45.6 Å². The Morgan fingerprint density at radius 2 is 1.96 bits per heavy atom. The lowest BCUT2D eigenvalue weighted by Crippen LogP contribution is -2.43. The van der Waals surface area contributed by atoms with E-state index in [2.05, 4.69) is 10.5 Å². The monoisotopic (exact) mass is 321 g/mol. The van der Waals surface area contributed by atoms with Gasteiger partial charge in [-0.2, -0.15) is 0 Å². The molecule has 4 heterocycles. The van der Waals surface area contributed by atoms with Crippen molar-refractivity contribution in [2.45, 2.75) is 44.1 Å². The van der Waals surface area contributed by atoms with Crippen LogP contribution in [-0.4, -0.2) is 61.5 Å². The molecular formula is C17H27N3O3. The van der Waals surface area contributed by atoms with Crippen molar-refractivity contribution in [3.8, 4) is 0 Å². The van der Waals surface area contributed by atoms with E-state index in [1.165, 1.54) is 0 Å². The number of likely N-dealkylation sites (tertiary alicyclic amines) is 1. The molecule has 0 aliphatic carbocycles. The molecular weight excluding hydrogens is 294 g/mol. The number of rotatable bonds is 2. The molecule has 0 bridgehead atoms. The highest BCUT2D eigenvalue weighted by atomic mass is 16.7. The van der Waals surface area contributed by atoms with E-state index >= 15 is 0 Å². The van der Waals surface area contributed by atoms with Crippen LogP contribution in [0.3, 0.4) is 0 Å². The maximum Gasteiger partial charge on any atom is 0.271 e. The number of piperidine rings is 1. The van der Waals surface area contributed by atoms with Crippen LogP contribution in [0.5, 0.6) is 0 Å². The van der Waals surface area contributed by atoms with Crippen molar-refractivity contribution in [3.05, 3.63) is 0 Å². The Balaban J connectivity index is 1.33. The van der Waals surface area contributed by atoms with Crippen molar-refractivity contribution in [2.75, 3.05) is 39.4 Å². The summed E-state index contributed by atoms with van der Waals surface area (Å²) < 4.78 is 5.46. The SMILES string of the molecule is O=C(C1=NOC2(CCNCC2)C1)N1CCC(C2CCOCC2)C1. The molecule has 0 radical (unpaired) electrons. The quantitative estimate of drug-likeness (QED) is 0.829. The largest absolute Gasteiger partial charge is 0.388 e. The van der Waals surface area contributed by atoms with Crippen LogP contribution in [0.25, 0.3) is 0 Å². The summed E-state index contributed by atoms with van der Waals surface area (Å²) in [7, 11) is 0. The third-order valence-corrected chi connectivity index (χ3v) is 6.05. The van der Waals surface area contributed by atoms with Crippen LogP contribution < -0.4 is 5.32 Å². The van der Waals surface area contributed by atoms with E-state index < -0.39 is 0 Å². The molecule has 0 aromatic carbocycles. The van der Waals surface area contributed by atoms with Gasteiger partial charge in [-0.1, -0.05) is 5.16 Å². The predicted molar refractivity (Wildman–Crippen MR) is 86.2 cm³/mol. The number of carbonyl (C=O) groups is 1. The lowest BCUT2D eigenvalue weighted by atomic mass is 9.85. The molecule has 128 valence electrons. The number of amides is 1. The second-order valence-corrected chi connectivity index (χ2v) is 7.49. The zero-order valence-corrected chi connectivity index (χ0v) is 13.8. The zero-order valence-electron chi connectivity index (χ0n) is 13.8. The van der Waals surface area contributed by atoms with Gasteiger partial charge in [0.05, 0.1) is 0 Å². The van der Waals surface area contributed by atoms with E-state index in [4.69, 9.17) is 9.57 Å². The van der Waals surface area contributed by atoms with Crippen LogP contribution in [-0.2, 0) is 14.4 Å². The second-order valence-electron chi connectivity index (χ2n) is 7.49. The Morgan fingerprint density at radius 3 is 2.74 bits per heavy atom. The summed E-state index contributed by atoms with van der Waals surface area (Å²) in [5, 5.41) is 7.51. The first-order valence-corrected chi connectivity index (χ1v) is 9.09. The lowest BCUT2D eigenvalue weighted by Gasteiger charge is -2.31. The van der Waals surface area contributed by atoms with Gasteiger partial charge in [-0.3, -0.25) is 4.79 Å². The fourth-order valence-corrected chi connectivity index (χ4v) is 4.51. The molecule has 4 rings (SSSR count). The maximum absolute atomic E-state index is 12.8. The van der Waals surface area contributed by atoms with Crippen molar-refractivity contribution in [1.82, 2.24) is 10.2 Å². The summed E-state index contributed by atoms with van der Waals surface area (Å²) in [5.41, 5.74) is 0.426. The van der Waals surface area contributed by atoms with E-state index in [1.54, 1.807) is 0 Å². The molecule has 6 nitrogen and oxygen atoms in total. The number of carbonyl (C=O) groups excluding carboxylic acids is 1. The lowest BCUT2D eigenvalue weighted by molar-refractivity contribution is -0.123. The van der Waals surface area contributed by atoms with Gasteiger partial charge in [-0.15, -0.1) is 0 Å². The standard InChI is InChI=1S/C17H27N3O3/c21-16(15-11-17(23-19-15)4-6-18-7-5-17)20-8-1-14(12-20)13-2-9-22-10-3-13/h13-14,18H,1-12H2. The second kappa shape index (κ2) is 6.40. The molecule has 1 N–H and O–H groups in total. The van der Waals surface area contributed by atoms with Gasteiger partial charge in [-0.05, 0) is 44.2 Å². The summed E-state index contributed by atoms with van der Waals surface area (Å²) in [5.74, 6) is 1.47. The third-order valence-electron chi connectivity index (χ3n) is 6.05. The number of oxime groups is 1. The highest BCUT2D eigenvalue weighted by Crippen LogP contribution is 2.35. The van der Waals surface area contributed by atoms with Gasteiger partial charge in [-0.25, -0.2) is 0 Å². The highest BCUT2D eigenvalue weighted by molar-refractivity contribution is 6.39. The Bertz CT molecular complexity index is 481. The topological polar surface area (TPSA) is 63.2 Å². The maximum atomic E-state index is 12.8. The number of hydrogen-bond acceptors (Lipinski definition) is 5. The van der Waals surface area contributed by atoms with E-state index in [-0.39, 0.29) is 11.5 Å². The van der Waals surface area contributed by atoms with Crippen LogP contribution in [0.1, 0.15) is 38.5 Å². The van der Waals surface area contributed by atoms with Crippen LogP contribution in [0.15, 0.2) is 5.16 Å². The van der Waals surface area contributed by atoms with Crippen LogP contribution in [0.4, 0.5) is 0 Å². The van der Waals surface area contributed by atoms with Crippen LogP contribution in [0.2, 0.25) is 0 Å². The Morgan fingerprint density at radius 1 is 1.17 bits per heavy atom. The van der Waals surface area contributed by atoms with Gasteiger partial charge in [0.1, 0.15) is 11.3 Å². The van der Waals surface area contributed by atoms with Crippen molar-refractivity contribution < 1.29 is 14.4 Å². The highest BCUT2D eigenvalue weighted by Gasteiger charge is 2.44. The molecule has 6 heteroatoms. The van der Waals surface area contributed by atoms with E-state index in [0.717, 1.165) is 77.4 Å². The Kier molecular flexibility index (Phi) is 4.28. The van der Waals surface area contributed by atoms with Gasteiger partial charge in [0.2, 0.25) is 0 Å². The van der Waals surface area contributed by atoms with E-state index in [0.29, 0.717) is 18.1 Å². The normalized spacial score (nSPS) is 31.2. The smallest absolute Gasteiger partial charge is 0.271 e. The first kappa shape index (κ1) is 15.4. The van der Waals surface area contributed by atoms with Crippen molar-refractivity contribution in [3.63, 3.8) is 0 Å². The molecule has 23 heavy (non-hydrogen) atoms. The fourth-order valence-electron chi connectivity index (χ4n) is 4.51. The molecule has 4 aliphatic rings. The summed E-state index contributed by atoms with van der Waals surface area (Å²) in [6.07, 6.45) is 5.99. The van der Waals surface area contributed by atoms with Gasteiger partial charge >= 0.3 is 0 Å². The molecule has 0 aromatic heterocycles. The van der Waals surface area contributed by atoms with Crippen molar-refractivity contribution in [1.29, 1.82) is 0 Å². The molecule has 3 fully saturated rings. The molecule has 3 saturated heterocycles. The Hall–Kier alpha value is -1.14. The van der Waals surface area contributed by atoms with Gasteiger partial charge < -0.3 is 19.8 Å². The average molecular weight is 321 g/mol. The Labute approximate surface area is 137 Å². The van der Waals surface area contributed by atoms with Crippen molar-refractivity contribution in [2.24, 2.45) is 17.0 Å². The molecule has 1 amide bonds. The minimum absolute atomic E-state index is 0.106. The summed E-state index contributed by atoms with van der Waals surface area (Å²) in [4.78, 5) is 20.5. The summed E-state index contributed by atoms with van der Waals surface area (Å²) in [6, 6.07) is 0. The number of nitrogens with zero attached hydrogens (tertiary/aromatic N) is 2. The van der Waals surface area contributed by atoms with Crippen LogP contribution >= 0.6 is 0 Å². The molecule has 1 atom stereocenters. The van der Waals surface area contributed by atoms with Gasteiger partial charge in [0.15, 0.2) is 0 Å². The minimum atomic E-state index is -0.212. The van der Waals surface area contributed by atoms with E-state index in [9.17, 15) is 4.79 Å². The van der Waals surface area contributed by atoms with Gasteiger partial charge in [0.25, 0.3) is 5.91 Å². The summed E-state index contributed by atoms with van der Waals surface area (Å²) >= 11 is 0. The zero-order chi connectivity index (χ0) is 15.7.